The number of rotatable bonds is 1. The summed E-state index contributed by atoms with van der Waals surface area (Å²) in [7, 11) is 1.80. The Morgan fingerprint density at radius 2 is 1.69 bits per heavy atom. The van der Waals surface area contributed by atoms with Gasteiger partial charge in [-0.3, -0.25) is 4.99 Å². The number of aliphatic imine (C=N–C) groups is 1. The quantitative estimate of drug-likeness (QED) is 0.471. The third-order valence-electron chi connectivity index (χ3n) is 2.48. The lowest BCUT2D eigenvalue weighted by Gasteiger charge is -2.12. The van der Waals surface area contributed by atoms with Crippen molar-refractivity contribution in [2.45, 2.75) is 20.8 Å². The van der Waals surface area contributed by atoms with E-state index in [0.717, 1.165) is 10.9 Å². The monoisotopic (exact) mass is 350 g/mol. The number of thioether (sulfide) groups is 1. The van der Waals surface area contributed by atoms with Crippen LogP contribution in [0, 0.1) is 20.8 Å². The number of hydrogen-bond acceptors (Lipinski definition) is 2. The Bertz CT molecular complexity index is 389. The molecule has 0 aliphatic rings. The van der Waals surface area contributed by atoms with Crippen LogP contribution in [0.2, 0.25) is 0 Å². The molecule has 0 bridgehead atoms. The maximum atomic E-state index is 4.16. The number of benzene rings is 1. The summed E-state index contributed by atoms with van der Waals surface area (Å²) in [6, 6.07) is 4.37. The van der Waals surface area contributed by atoms with Crippen LogP contribution in [-0.2, 0) is 0 Å². The van der Waals surface area contributed by atoms with E-state index in [2.05, 4.69) is 43.2 Å². The van der Waals surface area contributed by atoms with Crippen molar-refractivity contribution in [3.63, 3.8) is 0 Å². The molecule has 90 valence electrons. The van der Waals surface area contributed by atoms with E-state index in [1.54, 1.807) is 18.8 Å². The number of aryl methyl sites for hydroxylation is 3. The molecule has 1 rings (SSSR count). The molecule has 0 spiro atoms. The van der Waals surface area contributed by atoms with Crippen LogP contribution in [0.1, 0.15) is 16.7 Å². The number of hydrogen-bond donors (Lipinski definition) is 1. The molecule has 0 aromatic heterocycles. The second kappa shape index (κ2) is 7.17. The van der Waals surface area contributed by atoms with Crippen molar-refractivity contribution in [2.24, 2.45) is 4.99 Å². The van der Waals surface area contributed by atoms with Gasteiger partial charge in [-0.1, -0.05) is 17.8 Å². The molecule has 1 aromatic rings. The van der Waals surface area contributed by atoms with Crippen molar-refractivity contribution in [2.75, 3.05) is 18.6 Å². The molecule has 0 radical (unpaired) electrons. The molecule has 2 nitrogen and oxygen atoms in total. The molecule has 0 aliphatic carbocycles. The summed E-state index contributed by atoms with van der Waals surface area (Å²) >= 11 is 1.62. The Balaban J connectivity index is 0.00000225. The van der Waals surface area contributed by atoms with Crippen LogP contribution in [0.15, 0.2) is 17.1 Å². The summed E-state index contributed by atoms with van der Waals surface area (Å²) in [5.74, 6) is 0. The van der Waals surface area contributed by atoms with Gasteiger partial charge >= 0.3 is 0 Å². The van der Waals surface area contributed by atoms with E-state index in [1.165, 1.54) is 16.7 Å². The predicted octanol–water partition coefficient (Wildman–Crippen LogP) is 3.99. The van der Waals surface area contributed by atoms with Gasteiger partial charge in [0.15, 0.2) is 5.17 Å². The Labute approximate surface area is 119 Å². The Morgan fingerprint density at radius 1 is 1.12 bits per heavy atom. The van der Waals surface area contributed by atoms with Crippen LogP contribution >= 0.6 is 35.7 Å². The topological polar surface area (TPSA) is 24.4 Å². The molecule has 1 N–H and O–H groups in total. The second-order valence-electron chi connectivity index (χ2n) is 3.61. The van der Waals surface area contributed by atoms with E-state index < -0.39 is 0 Å². The first-order valence-electron chi connectivity index (χ1n) is 4.94. The predicted molar refractivity (Wildman–Crippen MR) is 86.6 cm³/mol. The number of nitrogens with zero attached hydrogens (tertiary/aromatic N) is 1. The van der Waals surface area contributed by atoms with Crippen molar-refractivity contribution < 1.29 is 0 Å². The smallest absolute Gasteiger partial charge is 0.160 e. The normalized spacial score (nSPS) is 10.9. The Kier molecular flexibility index (Phi) is 7.06. The van der Waals surface area contributed by atoms with E-state index in [4.69, 9.17) is 0 Å². The van der Waals surface area contributed by atoms with Crippen molar-refractivity contribution in [1.82, 2.24) is 0 Å². The molecule has 0 saturated carbocycles. The fourth-order valence-electron chi connectivity index (χ4n) is 1.41. The van der Waals surface area contributed by atoms with Gasteiger partial charge in [0.1, 0.15) is 0 Å². The van der Waals surface area contributed by atoms with Gasteiger partial charge in [-0.25, -0.2) is 0 Å². The SMILES string of the molecule is CN=C(Nc1cc(C)c(C)cc1C)SC.I. The first kappa shape index (κ1) is 15.8. The Hall–Kier alpha value is -0.230. The van der Waals surface area contributed by atoms with Gasteiger partial charge in [-0.2, -0.15) is 0 Å². The van der Waals surface area contributed by atoms with Gasteiger partial charge in [0.25, 0.3) is 0 Å². The van der Waals surface area contributed by atoms with Crippen LogP contribution < -0.4 is 5.32 Å². The molecule has 0 heterocycles. The first-order chi connectivity index (χ1) is 7.08. The lowest BCUT2D eigenvalue weighted by Crippen LogP contribution is -2.08. The average Bonchev–Trinajstić information content (AvgIpc) is 2.21. The zero-order valence-corrected chi connectivity index (χ0v) is 13.6. The fraction of sp³-hybridized carbons (Fsp3) is 0.417. The fourth-order valence-corrected chi connectivity index (χ4v) is 1.80. The zero-order valence-electron chi connectivity index (χ0n) is 10.4. The van der Waals surface area contributed by atoms with Crippen molar-refractivity contribution in [3.05, 3.63) is 28.8 Å². The van der Waals surface area contributed by atoms with E-state index in [9.17, 15) is 0 Å². The van der Waals surface area contributed by atoms with Crippen LogP contribution in [0.3, 0.4) is 0 Å². The number of amidine groups is 1. The van der Waals surface area contributed by atoms with Gasteiger partial charge in [-0.05, 0) is 49.8 Å². The van der Waals surface area contributed by atoms with E-state index in [1.807, 2.05) is 6.26 Å². The lowest BCUT2D eigenvalue weighted by atomic mass is 10.1. The molecule has 0 saturated heterocycles. The summed E-state index contributed by atoms with van der Waals surface area (Å²) in [6.07, 6.45) is 2.02. The number of anilines is 1. The van der Waals surface area contributed by atoms with Gasteiger partial charge in [0.2, 0.25) is 0 Å². The van der Waals surface area contributed by atoms with Crippen molar-refractivity contribution in [3.8, 4) is 0 Å². The van der Waals surface area contributed by atoms with Crippen LogP contribution in [0.5, 0.6) is 0 Å². The highest BCUT2D eigenvalue weighted by Crippen LogP contribution is 2.21. The molecular weight excluding hydrogens is 331 g/mol. The minimum atomic E-state index is 0. The molecule has 0 aliphatic heterocycles. The van der Waals surface area contributed by atoms with Gasteiger partial charge in [0.05, 0.1) is 0 Å². The molecule has 0 amide bonds. The lowest BCUT2D eigenvalue weighted by molar-refractivity contribution is 1.30. The summed E-state index contributed by atoms with van der Waals surface area (Å²) in [6.45, 7) is 6.37. The first-order valence-corrected chi connectivity index (χ1v) is 6.16. The van der Waals surface area contributed by atoms with Crippen LogP contribution in [0.4, 0.5) is 5.69 Å². The average molecular weight is 350 g/mol. The molecule has 0 atom stereocenters. The highest BCUT2D eigenvalue weighted by atomic mass is 127. The van der Waals surface area contributed by atoms with Gasteiger partial charge in [0, 0.05) is 12.7 Å². The summed E-state index contributed by atoms with van der Waals surface area (Å²) < 4.78 is 0. The number of nitrogens with one attached hydrogen (secondary N) is 1. The molecule has 16 heavy (non-hydrogen) atoms. The van der Waals surface area contributed by atoms with E-state index in [0.29, 0.717) is 0 Å². The molecule has 0 fully saturated rings. The molecule has 1 aromatic carbocycles. The highest BCUT2D eigenvalue weighted by Gasteiger charge is 2.03. The summed E-state index contributed by atoms with van der Waals surface area (Å²) in [4.78, 5) is 4.16. The zero-order chi connectivity index (χ0) is 11.4. The van der Waals surface area contributed by atoms with E-state index >= 15 is 0 Å². The van der Waals surface area contributed by atoms with Crippen molar-refractivity contribution >= 4 is 46.6 Å². The second-order valence-corrected chi connectivity index (χ2v) is 4.40. The molecule has 4 heteroatoms. The maximum absolute atomic E-state index is 4.16. The van der Waals surface area contributed by atoms with Crippen LogP contribution in [-0.4, -0.2) is 18.5 Å². The summed E-state index contributed by atoms with van der Waals surface area (Å²) in [5, 5.41) is 4.27. The molecular formula is C12H19IN2S. The third-order valence-corrected chi connectivity index (χ3v) is 3.15. The highest BCUT2D eigenvalue weighted by molar-refractivity contribution is 14.0. The van der Waals surface area contributed by atoms with E-state index in [-0.39, 0.29) is 24.0 Å². The largest absolute Gasteiger partial charge is 0.335 e. The van der Waals surface area contributed by atoms with Crippen molar-refractivity contribution in [1.29, 1.82) is 0 Å². The van der Waals surface area contributed by atoms with Crippen LogP contribution in [0.25, 0.3) is 0 Å². The van der Waals surface area contributed by atoms with Gasteiger partial charge in [-0.15, -0.1) is 24.0 Å². The minimum absolute atomic E-state index is 0. The van der Waals surface area contributed by atoms with Gasteiger partial charge < -0.3 is 5.32 Å². The maximum Gasteiger partial charge on any atom is 0.160 e. The third kappa shape index (κ3) is 3.97. The minimum Gasteiger partial charge on any atom is -0.335 e. The Morgan fingerprint density at radius 3 is 2.19 bits per heavy atom. The summed E-state index contributed by atoms with van der Waals surface area (Å²) in [5.41, 5.74) is 5.04. The number of halogens is 1. The molecule has 0 unspecified atom stereocenters. The standard InChI is InChI=1S/C12H18N2S.HI/c1-8-6-10(3)11(7-9(8)2)14-12(13-4)15-5;/h6-7H,1-5H3,(H,13,14);1H.